The van der Waals surface area contributed by atoms with Crippen molar-refractivity contribution in [1.82, 2.24) is 15.1 Å². The minimum atomic E-state index is -0.298. The number of nitrogens with one attached hydrogen (secondary N) is 1. The van der Waals surface area contributed by atoms with E-state index in [0.717, 1.165) is 26.1 Å². The van der Waals surface area contributed by atoms with E-state index in [0.29, 0.717) is 23.1 Å². The summed E-state index contributed by atoms with van der Waals surface area (Å²) in [6.45, 7) is 4.89. The van der Waals surface area contributed by atoms with Crippen molar-refractivity contribution >= 4 is 11.8 Å². The summed E-state index contributed by atoms with van der Waals surface area (Å²) < 4.78 is 10.4. The summed E-state index contributed by atoms with van der Waals surface area (Å²) in [5, 5.41) is 2.74. The SMILES string of the molecule is COc1ccc(C(=O)NCC(=O)N2CC3CCCCN3CC2C)cc1OC. The van der Waals surface area contributed by atoms with Crippen molar-refractivity contribution in [2.24, 2.45) is 0 Å². The number of carbonyl (C=O) groups is 2. The predicted octanol–water partition coefficient (Wildman–Crippen LogP) is 1.52. The highest BCUT2D eigenvalue weighted by Crippen LogP contribution is 2.27. The lowest BCUT2D eigenvalue weighted by atomic mass is 9.97. The molecule has 1 aromatic carbocycles. The first kappa shape index (κ1) is 19.5. The third kappa shape index (κ3) is 4.35. The molecule has 2 heterocycles. The Balaban J connectivity index is 1.57. The molecule has 148 valence electrons. The van der Waals surface area contributed by atoms with Gasteiger partial charge in [0.15, 0.2) is 11.5 Å². The Labute approximate surface area is 160 Å². The summed E-state index contributed by atoms with van der Waals surface area (Å²) in [6, 6.07) is 5.58. The van der Waals surface area contributed by atoms with Gasteiger partial charge < -0.3 is 19.7 Å². The Morgan fingerprint density at radius 3 is 2.67 bits per heavy atom. The molecule has 2 aliphatic heterocycles. The second-order valence-corrected chi connectivity index (χ2v) is 7.29. The highest BCUT2D eigenvalue weighted by atomic mass is 16.5. The number of amides is 2. The lowest BCUT2D eigenvalue weighted by Gasteiger charge is -2.47. The quantitative estimate of drug-likeness (QED) is 0.845. The minimum Gasteiger partial charge on any atom is -0.493 e. The van der Waals surface area contributed by atoms with Crippen LogP contribution in [0.5, 0.6) is 11.5 Å². The molecule has 0 aromatic heterocycles. The topological polar surface area (TPSA) is 71.1 Å². The molecule has 1 aromatic rings. The molecule has 2 amide bonds. The van der Waals surface area contributed by atoms with Gasteiger partial charge in [0, 0.05) is 30.7 Å². The van der Waals surface area contributed by atoms with E-state index in [1.54, 1.807) is 25.3 Å². The Hall–Kier alpha value is -2.28. The number of hydrogen-bond acceptors (Lipinski definition) is 5. The second kappa shape index (κ2) is 8.61. The van der Waals surface area contributed by atoms with E-state index in [-0.39, 0.29) is 24.4 Å². The van der Waals surface area contributed by atoms with Gasteiger partial charge in [-0.3, -0.25) is 14.5 Å². The zero-order chi connectivity index (χ0) is 19.4. The van der Waals surface area contributed by atoms with Crippen molar-refractivity contribution in [3.8, 4) is 11.5 Å². The van der Waals surface area contributed by atoms with Gasteiger partial charge in [-0.05, 0) is 44.5 Å². The molecule has 2 aliphatic rings. The molecule has 2 atom stereocenters. The van der Waals surface area contributed by atoms with Crippen LogP contribution in [-0.2, 0) is 4.79 Å². The van der Waals surface area contributed by atoms with Crippen molar-refractivity contribution in [2.75, 3.05) is 40.4 Å². The van der Waals surface area contributed by atoms with Crippen molar-refractivity contribution in [2.45, 2.75) is 38.3 Å². The molecule has 0 saturated carbocycles. The summed E-state index contributed by atoms with van der Waals surface area (Å²) in [5.41, 5.74) is 0.436. The Bertz CT molecular complexity index is 694. The molecule has 0 bridgehead atoms. The van der Waals surface area contributed by atoms with Gasteiger partial charge in [-0.15, -0.1) is 0 Å². The molecule has 2 unspecified atom stereocenters. The second-order valence-electron chi connectivity index (χ2n) is 7.29. The maximum atomic E-state index is 12.7. The van der Waals surface area contributed by atoms with Gasteiger partial charge in [0.1, 0.15) is 0 Å². The van der Waals surface area contributed by atoms with Crippen LogP contribution in [0, 0.1) is 0 Å². The van der Waals surface area contributed by atoms with E-state index in [9.17, 15) is 9.59 Å². The molecule has 3 rings (SSSR count). The number of methoxy groups -OCH3 is 2. The van der Waals surface area contributed by atoms with Crippen molar-refractivity contribution < 1.29 is 19.1 Å². The number of piperidine rings is 1. The van der Waals surface area contributed by atoms with Gasteiger partial charge in [-0.25, -0.2) is 0 Å². The number of hydrogen-bond donors (Lipinski definition) is 1. The average Bonchev–Trinajstić information content (AvgIpc) is 2.70. The van der Waals surface area contributed by atoms with Crippen molar-refractivity contribution in [1.29, 1.82) is 0 Å². The third-order valence-electron chi connectivity index (χ3n) is 5.55. The zero-order valence-corrected chi connectivity index (χ0v) is 16.4. The molecule has 7 heteroatoms. The predicted molar refractivity (Wildman–Crippen MR) is 102 cm³/mol. The van der Waals surface area contributed by atoms with E-state index in [1.165, 1.54) is 20.0 Å². The zero-order valence-electron chi connectivity index (χ0n) is 16.4. The fourth-order valence-corrected chi connectivity index (χ4v) is 4.04. The first-order valence-electron chi connectivity index (χ1n) is 9.57. The highest BCUT2D eigenvalue weighted by Gasteiger charge is 2.35. The standard InChI is InChI=1S/C20H29N3O4/c1-14-12-22-9-5-4-6-16(22)13-23(14)19(24)11-21-20(25)15-7-8-17(26-2)18(10-15)27-3/h7-8,10,14,16H,4-6,9,11-13H2,1-3H3,(H,21,25). The van der Waals surface area contributed by atoms with Gasteiger partial charge >= 0.3 is 0 Å². The number of rotatable bonds is 5. The molecular formula is C20H29N3O4. The number of piperazine rings is 1. The van der Waals surface area contributed by atoms with Crippen LogP contribution in [0.2, 0.25) is 0 Å². The molecule has 0 radical (unpaired) electrons. The highest BCUT2D eigenvalue weighted by molar-refractivity contribution is 5.97. The van der Waals surface area contributed by atoms with Gasteiger partial charge in [0.2, 0.25) is 5.91 Å². The Morgan fingerprint density at radius 1 is 1.15 bits per heavy atom. The van der Waals surface area contributed by atoms with Gasteiger partial charge in [0.05, 0.1) is 20.8 Å². The third-order valence-corrected chi connectivity index (χ3v) is 5.55. The van der Waals surface area contributed by atoms with Crippen molar-refractivity contribution in [3.63, 3.8) is 0 Å². The maximum Gasteiger partial charge on any atom is 0.251 e. The first-order valence-corrected chi connectivity index (χ1v) is 9.57. The summed E-state index contributed by atoms with van der Waals surface area (Å²) >= 11 is 0. The fraction of sp³-hybridized carbons (Fsp3) is 0.600. The number of carbonyl (C=O) groups excluding carboxylic acids is 2. The monoisotopic (exact) mass is 375 g/mol. The normalized spacial score (nSPS) is 22.7. The lowest BCUT2D eigenvalue weighted by molar-refractivity contribution is -0.136. The molecule has 27 heavy (non-hydrogen) atoms. The van der Waals surface area contributed by atoms with Crippen LogP contribution in [0.25, 0.3) is 0 Å². The number of fused-ring (bicyclic) bond motifs is 1. The fourth-order valence-electron chi connectivity index (χ4n) is 4.04. The molecule has 2 fully saturated rings. The minimum absolute atomic E-state index is 0.00420. The van der Waals surface area contributed by atoms with Crippen LogP contribution in [-0.4, -0.2) is 74.1 Å². The molecule has 7 nitrogen and oxygen atoms in total. The van der Waals surface area contributed by atoms with E-state index in [1.807, 2.05) is 4.90 Å². The molecule has 0 aliphatic carbocycles. The summed E-state index contributed by atoms with van der Waals surface area (Å²) in [4.78, 5) is 29.5. The molecule has 2 saturated heterocycles. The smallest absolute Gasteiger partial charge is 0.251 e. The molecule has 1 N–H and O–H groups in total. The number of benzene rings is 1. The average molecular weight is 375 g/mol. The Morgan fingerprint density at radius 2 is 1.93 bits per heavy atom. The van der Waals surface area contributed by atoms with E-state index in [4.69, 9.17) is 9.47 Å². The van der Waals surface area contributed by atoms with E-state index < -0.39 is 0 Å². The summed E-state index contributed by atoms with van der Waals surface area (Å²) in [6.07, 6.45) is 3.63. The van der Waals surface area contributed by atoms with E-state index >= 15 is 0 Å². The van der Waals surface area contributed by atoms with Gasteiger partial charge in [0.25, 0.3) is 5.91 Å². The first-order chi connectivity index (χ1) is 13.0. The summed E-state index contributed by atoms with van der Waals surface area (Å²) in [5.74, 6) is 0.720. The van der Waals surface area contributed by atoms with E-state index in [2.05, 4.69) is 17.1 Å². The van der Waals surface area contributed by atoms with Gasteiger partial charge in [-0.2, -0.15) is 0 Å². The number of ether oxygens (including phenoxy) is 2. The van der Waals surface area contributed by atoms with Gasteiger partial charge in [-0.1, -0.05) is 6.42 Å². The Kier molecular flexibility index (Phi) is 6.21. The van der Waals surface area contributed by atoms with Crippen LogP contribution in [0.3, 0.4) is 0 Å². The maximum absolute atomic E-state index is 12.7. The summed E-state index contributed by atoms with van der Waals surface area (Å²) in [7, 11) is 3.07. The number of nitrogens with zero attached hydrogens (tertiary/aromatic N) is 2. The van der Waals surface area contributed by atoms with Crippen LogP contribution in [0.15, 0.2) is 18.2 Å². The molecule has 0 spiro atoms. The van der Waals surface area contributed by atoms with Crippen LogP contribution >= 0.6 is 0 Å². The lowest BCUT2D eigenvalue weighted by Crippen LogP contribution is -2.61. The van der Waals surface area contributed by atoms with Crippen LogP contribution in [0.4, 0.5) is 0 Å². The van der Waals surface area contributed by atoms with Crippen LogP contribution in [0.1, 0.15) is 36.5 Å². The molecular weight excluding hydrogens is 346 g/mol. The van der Waals surface area contributed by atoms with Crippen LogP contribution < -0.4 is 14.8 Å². The largest absolute Gasteiger partial charge is 0.493 e. The van der Waals surface area contributed by atoms with Crippen molar-refractivity contribution in [3.05, 3.63) is 23.8 Å².